The van der Waals surface area contributed by atoms with Crippen molar-refractivity contribution in [2.45, 2.75) is 19.6 Å². The third-order valence-corrected chi connectivity index (χ3v) is 10.3. The minimum absolute atomic E-state index is 0. The molecule has 0 aromatic heterocycles. The van der Waals surface area contributed by atoms with Crippen molar-refractivity contribution in [3.8, 4) is 0 Å². The Labute approximate surface area is 321 Å². The molecule has 20 nitrogen and oxygen atoms in total. The van der Waals surface area contributed by atoms with E-state index in [1.807, 2.05) is 0 Å². The van der Waals surface area contributed by atoms with Crippen LogP contribution >= 0.6 is 0 Å². The molecule has 0 bridgehead atoms. The summed E-state index contributed by atoms with van der Waals surface area (Å²) in [5, 5.41) is 29.6. The first kappa shape index (κ1) is 42.8. The molecule has 0 fully saturated rings. The third kappa shape index (κ3) is 11.0. The van der Waals surface area contributed by atoms with Gasteiger partial charge >= 0.3 is 29.6 Å². The smallest absolute Gasteiger partial charge is 0.744 e. The van der Waals surface area contributed by atoms with E-state index in [4.69, 9.17) is 0 Å². The van der Waals surface area contributed by atoms with Gasteiger partial charge in [-0.05, 0) is 58.7 Å². The van der Waals surface area contributed by atoms with Crippen LogP contribution in [0.15, 0.2) is 103 Å². The number of nitrogens with zero attached hydrogens (tertiary/aromatic N) is 4. The van der Waals surface area contributed by atoms with E-state index in [1.165, 1.54) is 6.07 Å². The van der Waals surface area contributed by atoms with Gasteiger partial charge in [-0.1, -0.05) is 36.4 Å². The van der Waals surface area contributed by atoms with Crippen molar-refractivity contribution in [2.24, 2.45) is 10.2 Å². The average Bonchev–Trinajstić information content (AvgIpc) is 3.03. The quantitative estimate of drug-likeness (QED) is 0.0459. The van der Waals surface area contributed by atoms with Crippen molar-refractivity contribution in [1.82, 2.24) is 0 Å². The summed E-state index contributed by atoms with van der Waals surface area (Å²) < 4.78 is 137. The maximum Gasteiger partial charge on any atom is 1.00 e. The van der Waals surface area contributed by atoms with E-state index in [-0.39, 0.29) is 63.2 Å². The van der Waals surface area contributed by atoms with E-state index in [1.54, 1.807) is 0 Å². The molecule has 272 valence electrons. The molecule has 0 amide bonds. The molecule has 0 atom stereocenters. The second kappa shape index (κ2) is 16.2. The molecule has 4 aromatic rings. The summed E-state index contributed by atoms with van der Waals surface area (Å²) in [5.74, 6) is 0. The number of nitro groups is 2. The van der Waals surface area contributed by atoms with Crippen LogP contribution in [0.4, 0.5) is 22.7 Å². The summed E-state index contributed by atoms with van der Waals surface area (Å²) in [6.07, 6.45) is 3.95. The number of non-ortho nitro benzene ring substituents is 2. The van der Waals surface area contributed by atoms with E-state index in [2.05, 4.69) is 10.2 Å². The molecule has 0 aliphatic heterocycles. The molecular formula is C28H19N4NaO16S4. The van der Waals surface area contributed by atoms with Crippen molar-refractivity contribution < 1.29 is 91.3 Å². The number of rotatable bonds is 12. The van der Waals surface area contributed by atoms with Gasteiger partial charge in [-0.25, -0.2) is 8.42 Å². The van der Waals surface area contributed by atoms with Crippen molar-refractivity contribution in [2.75, 3.05) is 0 Å². The number of benzene rings is 4. The fourth-order valence-electron chi connectivity index (χ4n) is 4.36. The van der Waals surface area contributed by atoms with Gasteiger partial charge in [-0.15, -0.1) is 0 Å². The van der Waals surface area contributed by atoms with Crippen LogP contribution < -0.4 is 29.6 Å². The van der Waals surface area contributed by atoms with E-state index >= 15 is 0 Å². The topological polar surface area (TPSA) is 331 Å². The summed E-state index contributed by atoms with van der Waals surface area (Å²) in [7, 11) is -20.2. The predicted molar refractivity (Wildman–Crippen MR) is 179 cm³/mol. The second-order valence-corrected chi connectivity index (χ2v) is 15.7. The van der Waals surface area contributed by atoms with Crippen LogP contribution in [-0.2, 0) is 40.5 Å². The molecule has 3 N–H and O–H groups in total. The van der Waals surface area contributed by atoms with Gasteiger partial charge in [0.25, 0.3) is 41.7 Å². The Balaban J connectivity index is 0.00000756. The second-order valence-electron chi connectivity index (χ2n) is 10.1. The molecule has 53 heavy (non-hydrogen) atoms. The Kier molecular flexibility index (Phi) is 13.1. The van der Waals surface area contributed by atoms with Gasteiger partial charge in [0.2, 0.25) is 0 Å². The molecule has 0 aliphatic carbocycles. The molecule has 25 heteroatoms. The van der Waals surface area contributed by atoms with Crippen LogP contribution in [0.1, 0.15) is 22.3 Å². The van der Waals surface area contributed by atoms with Crippen LogP contribution in [0.5, 0.6) is 0 Å². The van der Waals surface area contributed by atoms with Gasteiger partial charge in [0.1, 0.15) is 24.8 Å². The van der Waals surface area contributed by atoms with Crippen molar-refractivity contribution in [3.63, 3.8) is 0 Å². The molecule has 4 rings (SSSR count). The summed E-state index contributed by atoms with van der Waals surface area (Å²) in [6.45, 7) is 0. The third-order valence-electron chi connectivity index (χ3n) is 6.68. The minimum atomic E-state index is -5.22. The van der Waals surface area contributed by atoms with Crippen LogP contribution in [0.25, 0.3) is 24.3 Å². The molecule has 0 radical (unpaired) electrons. The summed E-state index contributed by atoms with van der Waals surface area (Å²) >= 11 is 0. The molecule has 0 saturated heterocycles. The van der Waals surface area contributed by atoms with Gasteiger partial charge in [-0.3, -0.25) is 33.9 Å². The largest absolute Gasteiger partial charge is 1.00 e. The first-order valence-electron chi connectivity index (χ1n) is 13.5. The minimum Gasteiger partial charge on any atom is -0.744 e. The first-order chi connectivity index (χ1) is 23.9. The molecular weight excluding hydrogens is 800 g/mol. The van der Waals surface area contributed by atoms with E-state index in [0.717, 1.165) is 78.9 Å². The molecule has 0 heterocycles. The van der Waals surface area contributed by atoms with Gasteiger partial charge in [0.05, 0.1) is 26.1 Å². The van der Waals surface area contributed by atoms with Crippen LogP contribution in [0.3, 0.4) is 0 Å². The predicted octanol–water partition coefficient (Wildman–Crippen LogP) is 1.91. The number of hydrogen-bond acceptors (Lipinski definition) is 15. The van der Waals surface area contributed by atoms with Gasteiger partial charge < -0.3 is 4.55 Å². The molecule has 0 spiro atoms. The van der Waals surface area contributed by atoms with Crippen molar-refractivity contribution >= 4 is 87.5 Å². The van der Waals surface area contributed by atoms with E-state index in [0.29, 0.717) is 12.1 Å². The maximum absolute atomic E-state index is 12.2. The Morgan fingerprint density at radius 3 is 1.08 bits per heavy atom. The average molecular weight is 819 g/mol. The normalized spacial score (nSPS) is 12.7. The van der Waals surface area contributed by atoms with Crippen LogP contribution in [0, 0.1) is 20.2 Å². The van der Waals surface area contributed by atoms with Gasteiger partial charge in [-0.2, -0.15) is 35.5 Å². The number of azo groups is 1. The number of hydrogen-bond donors (Lipinski definition) is 3. The Morgan fingerprint density at radius 2 is 0.774 bits per heavy atom. The monoisotopic (exact) mass is 818 g/mol. The van der Waals surface area contributed by atoms with E-state index in [9.17, 15) is 72.1 Å². The zero-order chi connectivity index (χ0) is 38.8. The molecule has 0 saturated carbocycles. The zero-order valence-electron chi connectivity index (χ0n) is 26.3. The van der Waals surface area contributed by atoms with Crippen LogP contribution in [0.2, 0.25) is 0 Å². The summed E-state index contributed by atoms with van der Waals surface area (Å²) in [6, 6.07) is 11.0. The van der Waals surface area contributed by atoms with Crippen LogP contribution in [-0.4, -0.2) is 61.7 Å². The molecule has 0 aliphatic rings. The Hall–Kier alpha value is -4.60. The van der Waals surface area contributed by atoms with Gasteiger partial charge in [0.15, 0.2) is 0 Å². The maximum atomic E-state index is 12.2. The van der Waals surface area contributed by atoms with Crippen molar-refractivity contribution in [1.29, 1.82) is 0 Å². The van der Waals surface area contributed by atoms with Crippen molar-refractivity contribution in [3.05, 3.63) is 115 Å². The summed E-state index contributed by atoms with van der Waals surface area (Å²) in [5.41, 5.74) is -2.97. The molecule has 4 aromatic carbocycles. The fourth-order valence-corrected chi connectivity index (χ4v) is 7.16. The Bertz CT molecular complexity index is 2510. The fraction of sp³-hybridized carbons (Fsp3) is 0. The first-order valence-corrected chi connectivity index (χ1v) is 19.2. The standard InChI is InChI=1S/C28H20N4O16S4.Na/c33-31(34)23-11-7-19(27(15-23)51(43,44)45)3-1-17-5-9-21(13-25(17)49(37,38)39)29-30-22-10-6-18(26(14-22)50(40,41)42)2-4-20-8-12-24(32(35)36)16-28(20)52(46,47)48;/h1-16H,(H,37,38,39)(H,40,41,42)(H,43,44,45)(H,46,47,48);/q;+1/p-1/b3-1+,4-2+,30-29?;. The van der Waals surface area contributed by atoms with E-state index < -0.39 is 81.3 Å². The Morgan fingerprint density at radius 1 is 0.491 bits per heavy atom. The van der Waals surface area contributed by atoms with Gasteiger partial charge in [0, 0.05) is 24.3 Å². The zero-order valence-corrected chi connectivity index (χ0v) is 31.6. The number of nitro benzene ring substituents is 2. The molecule has 0 unspecified atom stereocenters. The summed E-state index contributed by atoms with van der Waals surface area (Å²) in [4.78, 5) is 16.8. The SMILES string of the molecule is O=[N+]([O-])c1ccc(/C=C/c2ccc(N=Nc3ccc(/C=C/c4ccc([N+](=O)[O-])cc4S(=O)(=O)O)c(S(=O)(=O)O)c3)cc2S(=O)(=O)O)c(S(=O)(=O)[O-])c1.[Na+].